The van der Waals surface area contributed by atoms with Crippen LogP contribution in [0.2, 0.25) is 0 Å². The highest BCUT2D eigenvalue weighted by atomic mass is 16.7. The van der Waals surface area contributed by atoms with Gasteiger partial charge in [-0.15, -0.1) is 0 Å². The molecule has 0 aromatic rings. The fourth-order valence-corrected chi connectivity index (χ4v) is 2.57. The number of esters is 2. The van der Waals surface area contributed by atoms with Gasteiger partial charge in [0.05, 0.1) is 39.3 Å². The Morgan fingerprint density at radius 1 is 1.00 bits per heavy atom. The Bertz CT molecular complexity index is 294. The third kappa shape index (κ3) is 2.14. The second-order valence-corrected chi connectivity index (χ2v) is 4.28. The van der Waals surface area contributed by atoms with E-state index in [0.717, 1.165) is 0 Å². The summed E-state index contributed by atoms with van der Waals surface area (Å²) in [6, 6.07) is 0. The number of hydrogen-bond donors (Lipinski definition) is 0. The van der Waals surface area contributed by atoms with Crippen molar-refractivity contribution in [1.82, 2.24) is 0 Å². The lowest BCUT2D eigenvalue weighted by Crippen LogP contribution is -2.27. The van der Waals surface area contributed by atoms with Crippen LogP contribution in [-0.4, -0.2) is 45.2 Å². The molecular formula is C11H16O6. The molecule has 6 nitrogen and oxygen atoms in total. The van der Waals surface area contributed by atoms with Crippen molar-refractivity contribution >= 4 is 11.9 Å². The molecule has 2 aliphatic rings. The van der Waals surface area contributed by atoms with Gasteiger partial charge in [-0.1, -0.05) is 0 Å². The van der Waals surface area contributed by atoms with Crippen molar-refractivity contribution in [2.45, 2.75) is 18.6 Å². The molecule has 6 heteroatoms. The predicted octanol–water partition coefficient (Wildman–Crippen LogP) is 0.102. The first kappa shape index (κ1) is 12.3. The van der Waals surface area contributed by atoms with Crippen LogP contribution in [0.4, 0.5) is 0 Å². The van der Waals surface area contributed by atoms with Crippen LogP contribution in [-0.2, 0) is 28.5 Å². The highest BCUT2D eigenvalue weighted by molar-refractivity contribution is 5.83. The van der Waals surface area contributed by atoms with Gasteiger partial charge in [0, 0.05) is 12.8 Å². The third-order valence-electron chi connectivity index (χ3n) is 3.37. The molecule has 0 aromatic carbocycles. The van der Waals surface area contributed by atoms with Gasteiger partial charge >= 0.3 is 11.9 Å². The minimum atomic E-state index is -0.808. The summed E-state index contributed by atoms with van der Waals surface area (Å²) < 4.78 is 20.4. The van der Waals surface area contributed by atoms with Crippen molar-refractivity contribution in [3.63, 3.8) is 0 Å². The molecule has 1 saturated heterocycles. The van der Waals surface area contributed by atoms with E-state index < -0.39 is 29.6 Å². The molecule has 0 radical (unpaired) electrons. The molecule has 17 heavy (non-hydrogen) atoms. The van der Waals surface area contributed by atoms with E-state index in [-0.39, 0.29) is 0 Å². The molecule has 0 amide bonds. The van der Waals surface area contributed by atoms with E-state index in [1.807, 2.05) is 0 Å². The number of rotatable bonds is 2. The van der Waals surface area contributed by atoms with Gasteiger partial charge in [-0.25, -0.2) is 0 Å². The smallest absolute Gasteiger partial charge is 0.309 e. The van der Waals surface area contributed by atoms with Gasteiger partial charge in [0.15, 0.2) is 5.79 Å². The van der Waals surface area contributed by atoms with Crippen molar-refractivity contribution in [2.24, 2.45) is 11.8 Å². The summed E-state index contributed by atoms with van der Waals surface area (Å²) in [5, 5.41) is 0. The lowest BCUT2D eigenvalue weighted by atomic mass is 9.96. The maximum Gasteiger partial charge on any atom is 0.309 e. The van der Waals surface area contributed by atoms with Crippen molar-refractivity contribution in [1.29, 1.82) is 0 Å². The quantitative estimate of drug-likeness (QED) is 0.642. The topological polar surface area (TPSA) is 71.1 Å². The summed E-state index contributed by atoms with van der Waals surface area (Å²) in [7, 11) is 2.61. The fourth-order valence-electron chi connectivity index (χ4n) is 2.57. The highest BCUT2D eigenvalue weighted by Gasteiger charge is 2.55. The zero-order valence-corrected chi connectivity index (χ0v) is 9.93. The molecule has 2 atom stereocenters. The summed E-state index contributed by atoms with van der Waals surface area (Å²) in [5.74, 6) is -2.75. The summed E-state index contributed by atoms with van der Waals surface area (Å²) >= 11 is 0. The van der Waals surface area contributed by atoms with Gasteiger partial charge in [-0.05, 0) is 0 Å². The predicted molar refractivity (Wildman–Crippen MR) is 54.9 cm³/mol. The second kappa shape index (κ2) is 4.62. The normalized spacial score (nSPS) is 30.5. The summed E-state index contributed by atoms with van der Waals surface area (Å²) in [4.78, 5) is 23.3. The van der Waals surface area contributed by atoms with E-state index >= 15 is 0 Å². The molecule has 0 aromatic heterocycles. The number of hydrogen-bond acceptors (Lipinski definition) is 6. The third-order valence-corrected chi connectivity index (χ3v) is 3.37. The van der Waals surface area contributed by atoms with Gasteiger partial charge in [-0.3, -0.25) is 9.59 Å². The van der Waals surface area contributed by atoms with Gasteiger partial charge in [0.1, 0.15) is 0 Å². The fraction of sp³-hybridized carbons (Fsp3) is 0.818. The first-order valence-electron chi connectivity index (χ1n) is 5.55. The molecule has 1 spiro atoms. The van der Waals surface area contributed by atoms with Crippen molar-refractivity contribution in [2.75, 3.05) is 27.4 Å². The van der Waals surface area contributed by atoms with E-state index in [1.54, 1.807) is 0 Å². The molecular weight excluding hydrogens is 228 g/mol. The standard InChI is InChI=1S/C11H16O6/c1-14-9(12)7-5-11(16-3-4-17-11)6-8(7)10(13)15-2/h7-8H,3-6H2,1-2H3/t7-,8-/m1/s1. The summed E-state index contributed by atoms with van der Waals surface area (Å²) in [6.07, 6.45) is 0.693. The summed E-state index contributed by atoms with van der Waals surface area (Å²) in [5.41, 5.74) is 0. The van der Waals surface area contributed by atoms with E-state index in [1.165, 1.54) is 14.2 Å². The highest BCUT2D eigenvalue weighted by Crippen LogP contribution is 2.45. The maximum absolute atomic E-state index is 11.6. The van der Waals surface area contributed by atoms with E-state index in [9.17, 15) is 9.59 Å². The number of carbonyl (C=O) groups excluding carboxylic acids is 2. The SMILES string of the molecule is COC(=O)[C@@H]1CC2(C[C@H]1C(=O)OC)OCCO2. The first-order chi connectivity index (χ1) is 8.12. The van der Waals surface area contributed by atoms with Crippen LogP contribution >= 0.6 is 0 Å². The Morgan fingerprint density at radius 3 is 1.76 bits per heavy atom. The zero-order chi connectivity index (χ0) is 12.5. The molecule has 96 valence electrons. The van der Waals surface area contributed by atoms with Crippen LogP contribution in [0.1, 0.15) is 12.8 Å². The number of carbonyl (C=O) groups is 2. The van der Waals surface area contributed by atoms with E-state index in [0.29, 0.717) is 26.1 Å². The Kier molecular flexibility index (Phi) is 3.35. The van der Waals surface area contributed by atoms with Crippen LogP contribution in [0.25, 0.3) is 0 Å². The molecule has 1 aliphatic heterocycles. The molecule has 1 aliphatic carbocycles. The molecule has 0 N–H and O–H groups in total. The minimum Gasteiger partial charge on any atom is -0.469 e. The Hall–Kier alpha value is -1.14. The van der Waals surface area contributed by atoms with Gasteiger partial charge in [0.25, 0.3) is 0 Å². The molecule has 0 bridgehead atoms. The van der Waals surface area contributed by atoms with Crippen molar-refractivity contribution in [3.8, 4) is 0 Å². The Balaban J connectivity index is 2.17. The lowest BCUT2D eigenvalue weighted by Gasteiger charge is -2.20. The molecule has 0 unspecified atom stereocenters. The van der Waals surface area contributed by atoms with Gasteiger partial charge in [-0.2, -0.15) is 0 Å². The van der Waals surface area contributed by atoms with Crippen LogP contribution in [0.3, 0.4) is 0 Å². The minimum absolute atomic E-state index is 0.347. The average Bonchev–Trinajstić information content (AvgIpc) is 2.95. The first-order valence-corrected chi connectivity index (χ1v) is 5.55. The number of methoxy groups -OCH3 is 2. The largest absolute Gasteiger partial charge is 0.469 e. The van der Waals surface area contributed by atoms with Crippen molar-refractivity contribution < 1.29 is 28.5 Å². The van der Waals surface area contributed by atoms with E-state index in [2.05, 4.69) is 0 Å². The zero-order valence-electron chi connectivity index (χ0n) is 9.93. The monoisotopic (exact) mass is 244 g/mol. The second-order valence-electron chi connectivity index (χ2n) is 4.28. The summed E-state index contributed by atoms with van der Waals surface area (Å²) in [6.45, 7) is 0.976. The van der Waals surface area contributed by atoms with Crippen molar-refractivity contribution in [3.05, 3.63) is 0 Å². The number of ether oxygens (including phenoxy) is 4. The van der Waals surface area contributed by atoms with Crippen LogP contribution < -0.4 is 0 Å². The molecule has 1 heterocycles. The van der Waals surface area contributed by atoms with Crippen LogP contribution in [0.5, 0.6) is 0 Å². The van der Waals surface area contributed by atoms with Gasteiger partial charge in [0.2, 0.25) is 0 Å². The molecule has 1 saturated carbocycles. The van der Waals surface area contributed by atoms with Crippen LogP contribution in [0.15, 0.2) is 0 Å². The maximum atomic E-state index is 11.6. The van der Waals surface area contributed by atoms with Crippen LogP contribution in [0, 0.1) is 11.8 Å². The molecule has 2 rings (SSSR count). The average molecular weight is 244 g/mol. The van der Waals surface area contributed by atoms with E-state index in [4.69, 9.17) is 18.9 Å². The lowest BCUT2D eigenvalue weighted by molar-refractivity contribution is -0.162. The van der Waals surface area contributed by atoms with Gasteiger partial charge < -0.3 is 18.9 Å². The Morgan fingerprint density at radius 2 is 1.41 bits per heavy atom. The Labute approximate surface area is 99.2 Å². The molecule has 2 fully saturated rings.